The van der Waals surface area contributed by atoms with Gasteiger partial charge in [0.05, 0.1) is 5.69 Å². The average molecular weight is 664 g/mol. The molecule has 0 N–H and O–H groups in total. The number of fused-ring (bicyclic) bond motifs is 7. The predicted octanol–water partition coefficient (Wildman–Crippen LogP) is 14.3. The molecule has 1 nitrogen and oxygen atoms in total. The Hall–Kier alpha value is -6.44. The number of anilines is 3. The van der Waals surface area contributed by atoms with Gasteiger partial charge < -0.3 is 4.90 Å². The SMILES string of the molecule is CC1(C)c2ccccc2-c2c1cc(-c1ccc(-c3c4ccccc4c(N(c4ccccc4)c4ccccc4)c4ccccc34)cc1)c1ccccc21. The summed E-state index contributed by atoms with van der Waals surface area (Å²) in [6, 6.07) is 68.9. The second kappa shape index (κ2) is 11.8. The van der Waals surface area contributed by atoms with Gasteiger partial charge in [-0.15, -0.1) is 0 Å². The summed E-state index contributed by atoms with van der Waals surface area (Å²) in [6.07, 6.45) is 0. The molecular weight excluding hydrogens is 627 g/mol. The van der Waals surface area contributed by atoms with Crippen LogP contribution in [-0.2, 0) is 5.41 Å². The van der Waals surface area contributed by atoms with Gasteiger partial charge in [0.1, 0.15) is 0 Å². The molecule has 1 aliphatic carbocycles. The number of para-hydroxylation sites is 2. The van der Waals surface area contributed by atoms with Crippen LogP contribution in [0, 0.1) is 0 Å². The lowest BCUT2D eigenvalue weighted by atomic mass is 9.80. The lowest BCUT2D eigenvalue weighted by Crippen LogP contribution is -2.15. The van der Waals surface area contributed by atoms with Gasteiger partial charge in [0.2, 0.25) is 0 Å². The quantitative estimate of drug-likeness (QED) is 0.166. The molecule has 0 unspecified atom stereocenters. The maximum atomic E-state index is 2.47. The Morgan fingerprint density at radius 2 is 0.788 bits per heavy atom. The minimum Gasteiger partial charge on any atom is -0.309 e. The van der Waals surface area contributed by atoms with Gasteiger partial charge >= 0.3 is 0 Å². The van der Waals surface area contributed by atoms with Crippen molar-refractivity contribution in [3.8, 4) is 33.4 Å². The highest BCUT2D eigenvalue weighted by atomic mass is 15.1. The molecule has 9 aromatic rings. The molecule has 246 valence electrons. The first kappa shape index (κ1) is 30.4. The fourth-order valence-electron chi connectivity index (χ4n) is 8.82. The molecule has 52 heavy (non-hydrogen) atoms. The van der Waals surface area contributed by atoms with Crippen LogP contribution in [0.1, 0.15) is 25.0 Å². The van der Waals surface area contributed by atoms with Gasteiger partial charge in [0, 0.05) is 27.6 Å². The van der Waals surface area contributed by atoms with Crippen LogP contribution in [0.25, 0.3) is 65.7 Å². The highest BCUT2D eigenvalue weighted by Crippen LogP contribution is 2.53. The zero-order valence-electron chi connectivity index (χ0n) is 29.3. The molecule has 0 radical (unpaired) electrons. The van der Waals surface area contributed by atoms with Crippen LogP contribution in [-0.4, -0.2) is 0 Å². The fraction of sp³-hybridized carbons (Fsp3) is 0.0588. The molecule has 0 spiro atoms. The summed E-state index contributed by atoms with van der Waals surface area (Å²) in [5, 5.41) is 7.54. The summed E-state index contributed by atoms with van der Waals surface area (Å²) < 4.78 is 0. The molecule has 0 bridgehead atoms. The molecule has 0 amide bonds. The van der Waals surface area contributed by atoms with Gasteiger partial charge in [-0.25, -0.2) is 0 Å². The Kier molecular flexibility index (Phi) is 6.91. The van der Waals surface area contributed by atoms with Crippen LogP contribution in [0.4, 0.5) is 17.1 Å². The average Bonchev–Trinajstić information content (AvgIpc) is 3.44. The van der Waals surface area contributed by atoms with Crippen LogP contribution in [0.5, 0.6) is 0 Å². The van der Waals surface area contributed by atoms with E-state index in [4.69, 9.17) is 0 Å². The minimum atomic E-state index is -0.0718. The molecule has 0 saturated carbocycles. The molecular formula is C51H37N. The van der Waals surface area contributed by atoms with E-state index in [0.717, 1.165) is 11.4 Å². The van der Waals surface area contributed by atoms with E-state index in [0.29, 0.717) is 0 Å². The van der Waals surface area contributed by atoms with E-state index in [-0.39, 0.29) is 5.41 Å². The Morgan fingerprint density at radius 1 is 0.346 bits per heavy atom. The lowest BCUT2D eigenvalue weighted by molar-refractivity contribution is 0.661. The summed E-state index contributed by atoms with van der Waals surface area (Å²) in [7, 11) is 0. The standard InChI is InChI=1S/C51H37N/c1-51(2)46-28-16-15-27-44(46)49-39-22-10-9-21-38(39)45(33-47(49)51)34-29-31-35(32-30-34)48-40-23-11-13-25-42(40)50(43-26-14-12-24-41(43)48)52(36-17-5-3-6-18-36)37-19-7-4-8-20-37/h3-33H,1-2H3. The Morgan fingerprint density at radius 3 is 1.37 bits per heavy atom. The van der Waals surface area contributed by atoms with Crippen LogP contribution in [0.2, 0.25) is 0 Å². The van der Waals surface area contributed by atoms with Crippen molar-refractivity contribution in [2.75, 3.05) is 4.90 Å². The number of hydrogen-bond acceptors (Lipinski definition) is 1. The van der Waals surface area contributed by atoms with Gasteiger partial charge in [-0.3, -0.25) is 0 Å². The van der Waals surface area contributed by atoms with E-state index in [1.807, 2.05) is 0 Å². The Bertz CT molecular complexity index is 2700. The molecule has 0 atom stereocenters. The van der Waals surface area contributed by atoms with Crippen molar-refractivity contribution in [3.05, 3.63) is 199 Å². The number of rotatable bonds is 5. The summed E-state index contributed by atoms with van der Waals surface area (Å²) in [5.74, 6) is 0. The molecule has 1 aliphatic rings. The third-order valence-corrected chi connectivity index (χ3v) is 11.2. The van der Waals surface area contributed by atoms with Gasteiger partial charge in [-0.2, -0.15) is 0 Å². The summed E-state index contributed by atoms with van der Waals surface area (Å²) >= 11 is 0. The van der Waals surface area contributed by atoms with E-state index < -0.39 is 0 Å². The van der Waals surface area contributed by atoms with Crippen LogP contribution in [0.3, 0.4) is 0 Å². The fourth-order valence-corrected chi connectivity index (χ4v) is 8.82. The van der Waals surface area contributed by atoms with Crippen molar-refractivity contribution in [2.24, 2.45) is 0 Å². The van der Waals surface area contributed by atoms with Crippen molar-refractivity contribution in [2.45, 2.75) is 19.3 Å². The topological polar surface area (TPSA) is 3.24 Å². The molecule has 9 aromatic carbocycles. The normalized spacial score (nSPS) is 13.0. The molecule has 10 rings (SSSR count). The maximum Gasteiger partial charge on any atom is 0.0618 e. The first-order valence-electron chi connectivity index (χ1n) is 18.2. The van der Waals surface area contributed by atoms with E-state index in [2.05, 4.69) is 207 Å². The summed E-state index contributed by atoms with van der Waals surface area (Å²) in [5.41, 5.74) is 13.9. The monoisotopic (exact) mass is 663 g/mol. The third kappa shape index (κ3) is 4.56. The second-order valence-corrected chi connectivity index (χ2v) is 14.5. The smallest absolute Gasteiger partial charge is 0.0618 e. The number of nitrogens with zero attached hydrogens (tertiary/aromatic N) is 1. The van der Waals surface area contributed by atoms with Crippen molar-refractivity contribution in [1.82, 2.24) is 0 Å². The van der Waals surface area contributed by atoms with Crippen molar-refractivity contribution in [1.29, 1.82) is 0 Å². The number of hydrogen-bond donors (Lipinski definition) is 0. The molecule has 1 heteroatoms. The maximum absolute atomic E-state index is 2.47. The molecule has 0 aromatic heterocycles. The molecule has 0 heterocycles. The first-order valence-corrected chi connectivity index (χ1v) is 18.2. The van der Waals surface area contributed by atoms with E-state index in [9.17, 15) is 0 Å². The first-order chi connectivity index (χ1) is 25.6. The van der Waals surface area contributed by atoms with Gasteiger partial charge in [-0.1, -0.05) is 172 Å². The van der Waals surface area contributed by atoms with Gasteiger partial charge in [-0.05, 0) is 96.4 Å². The van der Waals surface area contributed by atoms with E-state index in [1.54, 1.807) is 0 Å². The van der Waals surface area contributed by atoms with Crippen molar-refractivity contribution in [3.63, 3.8) is 0 Å². The van der Waals surface area contributed by atoms with Crippen molar-refractivity contribution < 1.29 is 0 Å². The summed E-state index contributed by atoms with van der Waals surface area (Å²) in [4.78, 5) is 2.41. The van der Waals surface area contributed by atoms with Crippen LogP contribution < -0.4 is 4.90 Å². The van der Waals surface area contributed by atoms with Crippen LogP contribution >= 0.6 is 0 Å². The zero-order chi connectivity index (χ0) is 34.8. The van der Waals surface area contributed by atoms with E-state index >= 15 is 0 Å². The zero-order valence-corrected chi connectivity index (χ0v) is 29.3. The van der Waals surface area contributed by atoms with Gasteiger partial charge in [0.15, 0.2) is 0 Å². The molecule has 0 aliphatic heterocycles. The van der Waals surface area contributed by atoms with E-state index in [1.165, 1.54) is 82.5 Å². The minimum absolute atomic E-state index is 0.0718. The van der Waals surface area contributed by atoms with Crippen molar-refractivity contribution >= 4 is 49.4 Å². The highest BCUT2D eigenvalue weighted by molar-refractivity contribution is 6.22. The second-order valence-electron chi connectivity index (χ2n) is 14.5. The summed E-state index contributed by atoms with van der Waals surface area (Å²) in [6.45, 7) is 4.74. The predicted molar refractivity (Wildman–Crippen MR) is 222 cm³/mol. The number of benzene rings is 9. The largest absolute Gasteiger partial charge is 0.309 e. The molecule has 0 fully saturated rings. The van der Waals surface area contributed by atoms with Gasteiger partial charge in [0.25, 0.3) is 0 Å². The molecule has 0 saturated heterocycles. The van der Waals surface area contributed by atoms with Crippen LogP contribution in [0.15, 0.2) is 188 Å². The lowest BCUT2D eigenvalue weighted by Gasteiger charge is -2.29. The Labute approximate surface area is 305 Å². The Balaban J connectivity index is 1.18. The highest BCUT2D eigenvalue weighted by Gasteiger charge is 2.37. The third-order valence-electron chi connectivity index (χ3n) is 11.2.